The number of hydrogen-bond acceptors (Lipinski definition) is 6. The van der Waals surface area contributed by atoms with Crippen LogP contribution in [0.15, 0.2) is 42.9 Å². The zero-order valence-corrected chi connectivity index (χ0v) is 28.3. The molecule has 0 bridgehead atoms. The highest BCUT2D eigenvalue weighted by Crippen LogP contribution is 2.39. The van der Waals surface area contributed by atoms with E-state index in [1.54, 1.807) is 24.4 Å². The van der Waals surface area contributed by atoms with Crippen molar-refractivity contribution in [1.82, 2.24) is 24.2 Å². The summed E-state index contributed by atoms with van der Waals surface area (Å²) >= 11 is 12.8. The molecule has 4 aromatic rings. The summed E-state index contributed by atoms with van der Waals surface area (Å²) in [5.74, 6) is 0.120. The van der Waals surface area contributed by atoms with E-state index < -0.39 is 8.07 Å². The number of likely N-dealkylation sites (N-methyl/N-ethyl adjacent to an activating group) is 1. The van der Waals surface area contributed by atoms with E-state index in [4.69, 9.17) is 42.8 Å². The molecule has 2 aliphatic rings. The van der Waals surface area contributed by atoms with Crippen molar-refractivity contribution in [2.45, 2.75) is 70.2 Å². The maximum Gasteiger partial charge on any atom is 0.261 e. The van der Waals surface area contributed by atoms with E-state index >= 15 is 0 Å². The zero-order chi connectivity index (χ0) is 31.0. The number of para-hydroxylation sites is 1. The second-order valence-electron chi connectivity index (χ2n) is 13.2. The van der Waals surface area contributed by atoms with Gasteiger partial charge < -0.3 is 24.3 Å². The van der Waals surface area contributed by atoms with E-state index in [0.29, 0.717) is 52.1 Å². The molecule has 1 aromatic carbocycles. The molecule has 234 valence electrons. The van der Waals surface area contributed by atoms with Crippen molar-refractivity contribution in [3.63, 3.8) is 0 Å². The lowest BCUT2D eigenvalue weighted by Gasteiger charge is -2.27. The van der Waals surface area contributed by atoms with Gasteiger partial charge in [0.2, 0.25) is 0 Å². The molecular weight excluding hydrogens is 615 g/mol. The van der Waals surface area contributed by atoms with Gasteiger partial charge in [0.05, 0.1) is 45.2 Å². The van der Waals surface area contributed by atoms with Gasteiger partial charge in [-0.25, -0.2) is 4.98 Å². The molecular formula is C32H40Cl2N6O3Si. The third kappa shape index (κ3) is 6.69. The fourth-order valence-electron chi connectivity index (χ4n) is 5.62. The summed E-state index contributed by atoms with van der Waals surface area (Å²) in [5.41, 5.74) is 3.27. The normalized spacial score (nSPS) is 17.7. The summed E-state index contributed by atoms with van der Waals surface area (Å²) in [6, 6.07) is 8.57. The van der Waals surface area contributed by atoms with Crippen LogP contribution in [0.4, 0.5) is 5.69 Å². The maximum atomic E-state index is 13.7. The van der Waals surface area contributed by atoms with Crippen molar-refractivity contribution in [1.29, 1.82) is 0 Å². The lowest BCUT2D eigenvalue weighted by molar-refractivity contribution is 0.0908. The number of aromatic nitrogens is 4. The van der Waals surface area contributed by atoms with Gasteiger partial charge in [-0.15, -0.1) is 0 Å². The van der Waals surface area contributed by atoms with Crippen LogP contribution >= 0.6 is 23.2 Å². The number of nitrogens with one attached hydrogen (secondary N) is 1. The van der Waals surface area contributed by atoms with Crippen LogP contribution in [0.5, 0.6) is 5.75 Å². The Labute approximate surface area is 269 Å². The quantitative estimate of drug-likeness (QED) is 0.133. The number of amides is 1. The van der Waals surface area contributed by atoms with Crippen LogP contribution < -0.4 is 10.1 Å². The van der Waals surface area contributed by atoms with Crippen LogP contribution in [0.25, 0.3) is 22.3 Å². The highest BCUT2D eigenvalue weighted by molar-refractivity contribution is 6.76. The summed E-state index contributed by atoms with van der Waals surface area (Å²) in [4.78, 5) is 20.9. The smallest absolute Gasteiger partial charge is 0.261 e. The van der Waals surface area contributed by atoms with E-state index in [0.717, 1.165) is 61.5 Å². The first-order valence-corrected chi connectivity index (χ1v) is 19.8. The van der Waals surface area contributed by atoms with E-state index in [-0.39, 0.29) is 12.0 Å². The summed E-state index contributed by atoms with van der Waals surface area (Å²) in [7, 11) is 0.878. The van der Waals surface area contributed by atoms with Crippen molar-refractivity contribution in [2.75, 3.05) is 32.1 Å². The highest BCUT2D eigenvalue weighted by Gasteiger charge is 2.28. The fraction of sp³-hybridized carbons (Fsp3) is 0.469. The molecule has 1 amide bonds. The Hall–Kier alpha value is -2.89. The Bertz CT molecular complexity index is 1640. The van der Waals surface area contributed by atoms with Gasteiger partial charge >= 0.3 is 0 Å². The Balaban J connectivity index is 1.41. The molecule has 1 N–H and O–H groups in total. The molecule has 3 aromatic heterocycles. The summed E-state index contributed by atoms with van der Waals surface area (Å²) in [6.07, 6.45) is 9.68. The molecule has 1 aliphatic heterocycles. The van der Waals surface area contributed by atoms with Gasteiger partial charge in [0, 0.05) is 39.2 Å². The molecule has 0 radical (unpaired) electrons. The summed E-state index contributed by atoms with van der Waals surface area (Å²) < 4.78 is 16.9. The first-order valence-electron chi connectivity index (χ1n) is 15.3. The molecule has 1 saturated heterocycles. The lowest BCUT2D eigenvalue weighted by Crippen LogP contribution is -2.26. The topological polar surface area (TPSA) is 86.4 Å². The van der Waals surface area contributed by atoms with Crippen LogP contribution in [-0.4, -0.2) is 71.1 Å². The van der Waals surface area contributed by atoms with Crippen molar-refractivity contribution in [2.24, 2.45) is 0 Å². The predicted molar refractivity (Wildman–Crippen MR) is 179 cm³/mol. The average molecular weight is 656 g/mol. The standard InChI is InChI=1S/C32H40Cl2N6O3Si/c1-38-12-11-22(19-38)40-18-21(16-36-40)28-15-24-30(43-23-7-5-8-23)25(32(41)37-29-26(33)9-6-10-27(29)34)17-35-31(24)39(28)20-42-13-14-44(2,3)4/h6,9-10,15-18,22-23H,5,7-8,11-14,19-20H2,1-4H3,(H,37,41). The molecule has 0 spiro atoms. The Morgan fingerprint density at radius 1 is 1.14 bits per heavy atom. The van der Waals surface area contributed by atoms with Crippen LogP contribution in [0, 0.1) is 0 Å². The number of nitrogens with zero attached hydrogens (tertiary/aromatic N) is 5. The van der Waals surface area contributed by atoms with Gasteiger partial charge in [-0.05, 0) is 63.5 Å². The van der Waals surface area contributed by atoms with Crippen molar-refractivity contribution in [3.8, 4) is 17.0 Å². The number of fused-ring (bicyclic) bond motifs is 1. The van der Waals surface area contributed by atoms with Crippen molar-refractivity contribution >= 4 is 53.9 Å². The molecule has 4 heterocycles. The van der Waals surface area contributed by atoms with E-state index in [9.17, 15) is 4.79 Å². The molecule has 12 heteroatoms. The minimum absolute atomic E-state index is 0.0398. The third-order valence-corrected chi connectivity index (χ3v) is 10.8. The number of hydrogen-bond donors (Lipinski definition) is 1. The molecule has 1 saturated carbocycles. The second-order valence-corrected chi connectivity index (χ2v) is 19.6. The number of likely N-dealkylation sites (tertiary alicyclic amines) is 1. The average Bonchev–Trinajstić information content (AvgIpc) is 3.68. The molecule has 44 heavy (non-hydrogen) atoms. The molecule has 9 nitrogen and oxygen atoms in total. The largest absolute Gasteiger partial charge is 0.489 e. The molecule has 2 fully saturated rings. The zero-order valence-electron chi connectivity index (χ0n) is 25.8. The fourth-order valence-corrected chi connectivity index (χ4v) is 6.87. The van der Waals surface area contributed by atoms with E-state index in [1.807, 2.05) is 6.20 Å². The van der Waals surface area contributed by atoms with Gasteiger partial charge in [-0.3, -0.25) is 9.48 Å². The Morgan fingerprint density at radius 3 is 2.57 bits per heavy atom. The number of benzene rings is 1. The molecule has 6 rings (SSSR count). The summed E-state index contributed by atoms with van der Waals surface area (Å²) in [6.45, 7) is 10.1. The van der Waals surface area contributed by atoms with Gasteiger partial charge in [-0.1, -0.05) is 48.9 Å². The lowest BCUT2D eigenvalue weighted by atomic mass is 9.96. The Morgan fingerprint density at radius 2 is 1.91 bits per heavy atom. The predicted octanol–water partition coefficient (Wildman–Crippen LogP) is 7.58. The number of halogens is 2. The van der Waals surface area contributed by atoms with Crippen LogP contribution in [0.1, 0.15) is 42.1 Å². The third-order valence-electron chi connectivity index (χ3n) is 8.51. The van der Waals surface area contributed by atoms with Gasteiger partial charge in [0.1, 0.15) is 23.7 Å². The molecule has 1 atom stereocenters. The number of carbonyl (C=O) groups is 1. The Kier molecular flexibility index (Phi) is 9.08. The minimum Gasteiger partial charge on any atom is -0.489 e. The number of anilines is 1. The number of carbonyl (C=O) groups excluding carboxylic acids is 1. The summed E-state index contributed by atoms with van der Waals surface area (Å²) in [5, 5.41) is 9.11. The first-order chi connectivity index (χ1) is 21.1. The molecule has 1 unspecified atom stereocenters. The van der Waals surface area contributed by atoms with Gasteiger partial charge in [0.25, 0.3) is 5.91 Å². The van der Waals surface area contributed by atoms with Crippen molar-refractivity contribution < 1.29 is 14.3 Å². The van der Waals surface area contributed by atoms with Crippen LogP contribution in [0.2, 0.25) is 35.7 Å². The van der Waals surface area contributed by atoms with Crippen molar-refractivity contribution in [3.05, 3.63) is 58.5 Å². The first kappa shape index (κ1) is 31.1. The van der Waals surface area contributed by atoms with E-state index in [2.05, 4.69) is 58.4 Å². The van der Waals surface area contributed by atoms with Crippen LogP contribution in [0.3, 0.4) is 0 Å². The molecule has 1 aliphatic carbocycles. The SMILES string of the molecule is CN1CCC(n2cc(-c3cc4c(OC5CCC5)c(C(=O)Nc5c(Cl)cccc5Cl)cnc4n3COCC[Si](C)(C)C)cn2)C1. The van der Waals surface area contributed by atoms with Crippen LogP contribution in [-0.2, 0) is 11.5 Å². The van der Waals surface area contributed by atoms with Gasteiger partial charge in [-0.2, -0.15) is 5.10 Å². The second kappa shape index (κ2) is 12.8. The number of rotatable bonds is 11. The maximum absolute atomic E-state index is 13.7. The van der Waals surface area contributed by atoms with E-state index in [1.165, 1.54) is 0 Å². The number of pyridine rings is 1. The monoisotopic (exact) mass is 654 g/mol. The minimum atomic E-state index is -1.26. The highest BCUT2D eigenvalue weighted by atomic mass is 35.5. The van der Waals surface area contributed by atoms with Gasteiger partial charge in [0.15, 0.2) is 0 Å². The number of ether oxygens (including phenoxy) is 2.